The second kappa shape index (κ2) is 6.59. The van der Waals surface area contributed by atoms with Crippen molar-refractivity contribution in [3.63, 3.8) is 0 Å². The Bertz CT molecular complexity index is 814. The molecular formula is C20H21N3O2. The van der Waals surface area contributed by atoms with Gasteiger partial charge in [-0.3, -0.25) is 4.79 Å². The molecule has 1 heterocycles. The highest BCUT2D eigenvalue weighted by Crippen LogP contribution is 2.21. The van der Waals surface area contributed by atoms with Crippen molar-refractivity contribution in [3.8, 4) is 0 Å². The van der Waals surface area contributed by atoms with Gasteiger partial charge in [0, 0.05) is 30.4 Å². The molecule has 128 valence electrons. The molecule has 5 heteroatoms. The first-order valence-corrected chi connectivity index (χ1v) is 8.73. The molecule has 3 amide bonds. The van der Waals surface area contributed by atoms with E-state index < -0.39 is 0 Å². The maximum Gasteiger partial charge on any atom is 0.322 e. The van der Waals surface area contributed by atoms with E-state index in [1.165, 1.54) is 11.1 Å². The minimum atomic E-state index is -0.130. The molecule has 0 aromatic heterocycles. The van der Waals surface area contributed by atoms with Crippen molar-refractivity contribution >= 4 is 17.6 Å². The highest BCUT2D eigenvalue weighted by Gasteiger charge is 2.24. The van der Waals surface area contributed by atoms with Crippen LogP contribution in [0.4, 0.5) is 10.5 Å². The third kappa shape index (κ3) is 3.65. The molecule has 0 unspecified atom stereocenters. The predicted molar refractivity (Wildman–Crippen MR) is 96.5 cm³/mol. The molecular weight excluding hydrogens is 314 g/mol. The fourth-order valence-corrected chi connectivity index (χ4v) is 3.11. The molecule has 2 aliphatic rings. The normalized spacial score (nSPS) is 16.1. The van der Waals surface area contributed by atoms with E-state index in [-0.39, 0.29) is 11.9 Å². The van der Waals surface area contributed by atoms with Crippen molar-refractivity contribution in [2.45, 2.75) is 31.8 Å². The molecule has 0 saturated heterocycles. The van der Waals surface area contributed by atoms with E-state index in [2.05, 4.69) is 22.8 Å². The molecule has 0 atom stereocenters. The molecule has 2 N–H and O–H groups in total. The summed E-state index contributed by atoms with van der Waals surface area (Å²) in [6.45, 7) is 1.31. The summed E-state index contributed by atoms with van der Waals surface area (Å²) >= 11 is 0. The lowest BCUT2D eigenvalue weighted by atomic mass is 10.0. The Morgan fingerprint density at radius 3 is 2.60 bits per heavy atom. The highest BCUT2D eigenvalue weighted by molar-refractivity contribution is 5.97. The third-order valence-corrected chi connectivity index (χ3v) is 4.71. The van der Waals surface area contributed by atoms with Gasteiger partial charge in [-0.25, -0.2) is 4.79 Å². The molecule has 25 heavy (non-hydrogen) atoms. The second-order valence-corrected chi connectivity index (χ2v) is 6.70. The maximum atomic E-state index is 12.6. The van der Waals surface area contributed by atoms with Crippen LogP contribution < -0.4 is 10.6 Å². The van der Waals surface area contributed by atoms with Gasteiger partial charge in [0.15, 0.2) is 0 Å². The van der Waals surface area contributed by atoms with Crippen LogP contribution in [0, 0.1) is 0 Å². The maximum absolute atomic E-state index is 12.6. The Morgan fingerprint density at radius 1 is 1.00 bits per heavy atom. The topological polar surface area (TPSA) is 61.4 Å². The lowest BCUT2D eigenvalue weighted by Crippen LogP contribution is -2.38. The number of amides is 3. The van der Waals surface area contributed by atoms with Crippen molar-refractivity contribution in [2.24, 2.45) is 0 Å². The highest BCUT2D eigenvalue weighted by atomic mass is 16.2. The summed E-state index contributed by atoms with van der Waals surface area (Å²) in [5, 5.41) is 5.88. The van der Waals surface area contributed by atoms with Crippen LogP contribution in [-0.2, 0) is 13.0 Å². The van der Waals surface area contributed by atoms with Crippen LogP contribution in [0.3, 0.4) is 0 Å². The van der Waals surface area contributed by atoms with Crippen LogP contribution in [-0.4, -0.2) is 29.4 Å². The monoisotopic (exact) mass is 335 g/mol. The van der Waals surface area contributed by atoms with Gasteiger partial charge >= 0.3 is 6.03 Å². The van der Waals surface area contributed by atoms with E-state index in [1.54, 1.807) is 23.1 Å². The Labute approximate surface area is 147 Å². The number of hydrogen-bond donors (Lipinski definition) is 2. The van der Waals surface area contributed by atoms with Crippen molar-refractivity contribution in [3.05, 3.63) is 65.2 Å². The summed E-state index contributed by atoms with van der Waals surface area (Å²) in [5.74, 6) is -0.0782. The van der Waals surface area contributed by atoms with Crippen molar-refractivity contribution in [2.75, 3.05) is 11.9 Å². The summed E-state index contributed by atoms with van der Waals surface area (Å²) in [4.78, 5) is 26.5. The number of benzene rings is 2. The van der Waals surface area contributed by atoms with E-state index in [1.807, 2.05) is 18.2 Å². The Hall–Kier alpha value is -2.82. The Morgan fingerprint density at radius 2 is 1.80 bits per heavy atom. The van der Waals surface area contributed by atoms with Crippen molar-refractivity contribution in [1.82, 2.24) is 10.2 Å². The van der Waals surface area contributed by atoms with Gasteiger partial charge in [0.2, 0.25) is 0 Å². The Kier molecular flexibility index (Phi) is 4.14. The van der Waals surface area contributed by atoms with Crippen LogP contribution in [0.25, 0.3) is 0 Å². The summed E-state index contributed by atoms with van der Waals surface area (Å²) in [6.07, 6.45) is 2.98. The zero-order valence-corrected chi connectivity index (χ0v) is 14.0. The van der Waals surface area contributed by atoms with Crippen LogP contribution in [0.1, 0.15) is 34.3 Å². The molecule has 1 aliphatic heterocycles. The van der Waals surface area contributed by atoms with Gasteiger partial charge in [0.05, 0.1) is 0 Å². The van der Waals surface area contributed by atoms with Crippen LogP contribution in [0.5, 0.6) is 0 Å². The average molecular weight is 335 g/mol. The fraction of sp³-hybridized carbons (Fsp3) is 0.300. The molecule has 2 aromatic rings. The molecule has 1 aliphatic carbocycles. The van der Waals surface area contributed by atoms with Gasteiger partial charge in [0.25, 0.3) is 5.91 Å². The number of urea groups is 1. The van der Waals surface area contributed by atoms with Crippen LogP contribution in [0.15, 0.2) is 48.5 Å². The van der Waals surface area contributed by atoms with Gasteiger partial charge in [-0.15, -0.1) is 0 Å². The fourth-order valence-electron chi connectivity index (χ4n) is 3.11. The molecule has 4 rings (SSSR count). The van der Waals surface area contributed by atoms with Gasteiger partial charge < -0.3 is 15.5 Å². The van der Waals surface area contributed by atoms with E-state index in [0.717, 1.165) is 19.3 Å². The number of carbonyl (C=O) groups excluding carboxylic acids is 2. The number of anilines is 1. The first kappa shape index (κ1) is 15.7. The minimum Gasteiger partial charge on any atom is -0.349 e. The number of nitrogens with one attached hydrogen (secondary N) is 2. The van der Waals surface area contributed by atoms with E-state index in [0.29, 0.717) is 30.4 Å². The molecule has 5 nitrogen and oxygen atoms in total. The Balaban J connectivity index is 1.42. The van der Waals surface area contributed by atoms with Gasteiger partial charge in [0.1, 0.15) is 0 Å². The number of nitrogens with zero attached hydrogens (tertiary/aromatic N) is 1. The third-order valence-electron chi connectivity index (χ3n) is 4.71. The van der Waals surface area contributed by atoms with E-state index in [9.17, 15) is 9.59 Å². The lowest BCUT2D eigenvalue weighted by Gasteiger charge is -2.29. The van der Waals surface area contributed by atoms with Crippen LogP contribution in [0.2, 0.25) is 0 Å². The first-order chi connectivity index (χ1) is 12.2. The standard InChI is InChI=1S/C20H21N3O2/c24-19(21-17-8-9-17)15-6-3-7-18(12-15)22-20(25)23-11-10-14-4-1-2-5-16(14)13-23/h1-7,12,17H,8-11,13H2,(H,21,24)(H,22,25). The smallest absolute Gasteiger partial charge is 0.322 e. The van der Waals surface area contributed by atoms with Crippen LogP contribution >= 0.6 is 0 Å². The molecule has 1 fully saturated rings. The molecule has 1 saturated carbocycles. The zero-order valence-electron chi connectivity index (χ0n) is 14.0. The average Bonchev–Trinajstić information content (AvgIpc) is 3.45. The molecule has 0 radical (unpaired) electrons. The summed E-state index contributed by atoms with van der Waals surface area (Å²) < 4.78 is 0. The quantitative estimate of drug-likeness (QED) is 0.905. The number of rotatable bonds is 3. The lowest BCUT2D eigenvalue weighted by molar-refractivity contribution is 0.0951. The minimum absolute atomic E-state index is 0.0782. The van der Waals surface area contributed by atoms with Crippen molar-refractivity contribution < 1.29 is 9.59 Å². The van der Waals surface area contributed by atoms with E-state index >= 15 is 0 Å². The van der Waals surface area contributed by atoms with Gasteiger partial charge in [-0.1, -0.05) is 30.3 Å². The SMILES string of the molecule is O=C(NC1CC1)c1cccc(NC(=O)N2CCc3ccccc3C2)c1. The molecule has 0 spiro atoms. The number of carbonyl (C=O) groups is 2. The summed E-state index contributed by atoms with van der Waals surface area (Å²) in [6, 6.07) is 15.5. The van der Waals surface area contributed by atoms with Gasteiger partial charge in [-0.2, -0.15) is 0 Å². The predicted octanol–water partition coefficient (Wildman–Crippen LogP) is 3.17. The van der Waals surface area contributed by atoms with Gasteiger partial charge in [-0.05, 0) is 48.6 Å². The van der Waals surface area contributed by atoms with Crippen molar-refractivity contribution in [1.29, 1.82) is 0 Å². The largest absolute Gasteiger partial charge is 0.349 e. The van der Waals surface area contributed by atoms with E-state index in [4.69, 9.17) is 0 Å². The molecule has 0 bridgehead atoms. The zero-order chi connectivity index (χ0) is 17.2. The second-order valence-electron chi connectivity index (χ2n) is 6.70. The summed E-state index contributed by atoms with van der Waals surface area (Å²) in [7, 11) is 0. The molecule has 2 aromatic carbocycles. The first-order valence-electron chi connectivity index (χ1n) is 8.73. The number of hydrogen-bond acceptors (Lipinski definition) is 2. The summed E-state index contributed by atoms with van der Waals surface area (Å²) in [5.41, 5.74) is 3.73. The number of fused-ring (bicyclic) bond motifs is 1.